The van der Waals surface area contributed by atoms with Crippen molar-refractivity contribution in [3.8, 4) is 5.75 Å². The van der Waals surface area contributed by atoms with Crippen LogP contribution < -0.4 is 10.1 Å². The summed E-state index contributed by atoms with van der Waals surface area (Å²) in [4.78, 5) is 13.9. The van der Waals surface area contributed by atoms with E-state index in [0.29, 0.717) is 0 Å². The van der Waals surface area contributed by atoms with Crippen molar-refractivity contribution < 1.29 is 9.53 Å². The average molecular weight is 236 g/mol. The van der Waals surface area contributed by atoms with Crippen molar-refractivity contribution in [1.82, 2.24) is 4.90 Å². The fourth-order valence-electron chi connectivity index (χ4n) is 1.68. The summed E-state index contributed by atoms with van der Waals surface area (Å²) in [6.07, 6.45) is 0.787. The Hall–Kier alpha value is -1.55. The molecule has 0 aliphatic rings. The number of nitrogens with zero attached hydrogens (tertiary/aromatic N) is 1. The lowest BCUT2D eigenvalue weighted by molar-refractivity contribution is -0.120. The number of benzene rings is 1. The van der Waals surface area contributed by atoms with Crippen LogP contribution in [0.25, 0.3) is 0 Å². The fraction of sp³-hybridized carbons (Fsp3) is 0.462. The van der Waals surface area contributed by atoms with Crippen LogP contribution in [-0.2, 0) is 4.79 Å². The molecule has 1 aromatic carbocycles. The molecule has 0 aliphatic carbocycles. The van der Waals surface area contributed by atoms with Gasteiger partial charge in [-0.05, 0) is 44.8 Å². The van der Waals surface area contributed by atoms with E-state index in [9.17, 15) is 4.79 Å². The average Bonchev–Trinajstić information content (AvgIpc) is 2.30. The van der Waals surface area contributed by atoms with E-state index < -0.39 is 0 Å². The molecular formula is C13H20N2O2. The van der Waals surface area contributed by atoms with Gasteiger partial charge in [0.1, 0.15) is 5.75 Å². The van der Waals surface area contributed by atoms with Crippen LogP contribution in [0.4, 0.5) is 5.69 Å². The van der Waals surface area contributed by atoms with Gasteiger partial charge in [-0.2, -0.15) is 0 Å². The van der Waals surface area contributed by atoms with Crippen LogP contribution >= 0.6 is 0 Å². The Bertz CT molecular complexity index is 360. The molecule has 0 fully saturated rings. The molecule has 0 bridgehead atoms. The van der Waals surface area contributed by atoms with E-state index in [0.717, 1.165) is 17.9 Å². The number of hydrogen-bond donors (Lipinski definition) is 1. The Morgan fingerprint density at radius 3 is 2.35 bits per heavy atom. The number of anilines is 1. The van der Waals surface area contributed by atoms with Gasteiger partial charge in [0.15, 0.2) is 0 Å². The molecule has 1 N–H and O–H groups in total. The maximum absolute atomic E-state index is 12.0. The molecule has 0 radical (unpaired) electrons. The molecule has 0 saturated heterocycles. The third-order valence-electron chi connectivity index (χ3n) is 2.67. The van der Waals surface area contributed by atoms with Crippen LogP contribution in [0, 0.1) is 0 Å². The predicted octanol–water partition coefficient (Wildman–Crippen LogP) is 1.97. The number of rotatable bonds is 5. The Labute approximate surface area is 103 Å². The zero-order valence-electron chi connectivity index (χ0n) is 10.9. The molecule has 17 heavy (non-hydrogen) atoms. The second-order valence-corrected chi connectivity index (χ2v) is 4.11. The first-order valence-corrected chi connectivity index (χ1v) is 5.69. The van der Waals surface area contributed by atoms with Crippen LogP contribution in [0.2, 0.25) is 0 Å². The lowest BCUT2D eigenvalue weighted by atomic mass is 10.2. The Kier molecular flexibility index (Phi) is 4.97. The lowest BCUT2D eigenvalue weighted by Gasteiger charge is -2.21. The summed E-state index contributed by atoms with van der Waals surface area (Å²) in [7, 11) is 5.43. The first-order valence-electron chi connectivity index (χ1n) is 5.69. The first kappa shape index (κ1) is 13.5. The highest BCUT2D eigenvalue weighted by molar-refractivity contribution is 5.94. The highest BCUT2D eigenvalue weighted by Crippen LogP contribution is 2.15. The summed E-state index contributed by atoms with van der Waals surface area (Å²) in [5.41, 5.74) is 0.788. The molecule has 1 aromatic rings. The standard InChI is InChI=1S/C13H20N2O2/c1-5-12(15(2)3)13(16)14-10-6-8-11(17-4)9-7-10/h6-9,12H,5H2,1-4H3,(H,14,16). The summed E-state index contributed by atoms with van der Waals surface area (Å²) in [6, 6.07) is 7.22. The number of carbonyl (C=O) groups is 1. The summed E-state index contributed by atoms with van der Waals surface area (Å²) in [6.45, 7) is 2.00. The highest BCUT2D eigenvalue weighted by Gasteiger charge is 2.18. The van der Waals surface area contributed by atoms with Gasteiger partial charge in [-0.1, -0.05) is 6.92 Å². The molecule has 0 heterocycles. The van der Waals surface area contributed by atoms with Gasteiger partial charge in [-0.3, -0.25) is 9.69 Å². The minimum atomic E-state index is -0.0999. The highest BCUT2D eigenvalue weighted by atomic mass is 16.5. The molecule has 1 unspecified atom stereocenters. The van der Waals surface area contributed by atoms with E-state index in [-0.39, 0.29) is 11.9 Å². The largest absolute Gasteiger partial charge is 0.497 e. The SMILES string of the molecule is CCC(C(=O)Nc1ccc(OC)cc1)N(C)C. The third-order valence-corrected chi connectivity index (χ3v) is 2.67. The molecule has 0 aromatic heterocycles. The summed E-state index contributed by atoms with van der Waals surface area (Å²) >= 11 is 0. The van der Waals surface area contributed by atoms with Crippen LogP contribution in [0.15, 0.2) is 24.3 Å². The molecule has 1 atom stereocenters. The van der Waals surface area contributed by atoms with Crippen molar-refractivity contribution in [2.75, 3.05) is 26.5 Å². The van der Waals surface area contributed by atoms with E-state index in [2.05, 4.69) is 5.32 Å². The Morgan fingerprint density at radius 2 is 1.94 bits per heavy atom. The van der Waals surface area contributed by atoms with Gasteiger partial charge in [0.05, 0.1) is 13.2 Å². The van der Waals surface area contributed by atoms with Gasteiger partial charge in [0.25, 0.3) is 0 Å². The number of likely N-dealkylation sites (N-methyl/N-ethyl adjacent to an activating group) is 1. The van der Waals surface area contributed by atoms with E-state index >= 15 is 0 Å². The monoisotopic (exact) mass is 236 g/mol. The first-order chi connectivity index (χ1) is 8.08. The normalized spacial score (nSPS) is 12.3. The molecule has 1 rings (SSSR count). The number of amides is 1. The maximum atomic E-state index is 12.0. The number of hydrogen-bond acceptors (Lipinski definition) is 3. The van der Waals surface area contributed by atoms with E-state index in [1.54, 1.807) is 7.11 Å². The molecular weight excluding hydrogens is 216 g/mol. The minimum Gasteiger partial charge on any atom is -0.497 e. The summed E-state index contributed by atoms with van der Waals surface area (Å²) in [5.74, 6) is 0.797. The fourth-order valence-corrected chi connectivity index (χ4v) is 1.68. The molecule has 0 saturated carbocycles. The van der Waals surface area contributed by atoms with Crippen molar-refractivity contribution in [3.05, 3.63) is 24.3 Å². The number of carbonyl (C=O) groups excluding carboxylic acids is 1. The summed E-state index contributed by atoms with van der Waals surface area (Å²) < 4.78 is 5.06. The van der Waals surface area contributed by atoms with Crippen molar-refractivity contribution in [2.45, 2.75) is 19.4 Å². The Balaban J connectivity index is 2.66. The van der Waals surface area contributed by atoms with Crippen LogP contribution in [0.5, 0.6) is 5.75 Å². The van der Waals surface area contributed by atoms with Crippen LogP contribution in [0.1, 0.15) is 13.3 Å². The summed E-state index contributed by atoms with van der Waals surface area (Å²) in [5, 5.41) is 2.89. The van der Waals surface area contributed by atoms with Crippen molar-refractivity contribution in [3.63, 3.8) is 0 Å². The Morgan fingerprint density at radius 1 is 1.35 bits per heavy atom. The quantitative estimate of drug-likeness (QED) is 0.850. The van der Waals surface area contributed by atoms with Gasteiger partial charge >= 0.3 is 0 Å². The molecule has 0 spiro atoms. The van der Waals surface area contributed by atoms with Gasteiger partial charge in [0.2, 0.25) is 5.91 Å². The second kappa shape index (κ2) is 6.25. The molecule has 4 heteroatoms. The molecule has 4 nitrogen and oxygen atoms in total. The molecule has 94 valence electrons. The molecule has 0 aliphatic heterocycles. The van der Waals surface area contributed by atoms with Crippen molar-refractivity contribution >= 4 is 11.6 Å². The smallest absolute Gasteiger partial charge is 0.241 e. The van der Waals surface area contributed by atoms with Gasteiger partial charge in [-0.15, -0.1) is 0 Å². The van der Waals surface area contributed by atoms with E-state index in [1.807, 2.05) is 50.2 Å². The van der Waals surface area contributed by atoms with E-state index in [4.69, 9.17) is 4.74 Å². The topological polar surface area (TPSA) is 41.6 Å². The van der Waals surface area contributed by atoms with Crippen molar-refractivity contribution in [1.29, 1.82) is 0 Å². The molecule has 1 amide bonds. The minimum absolute atomic E-state index is 0.0164. The van der Waals surface area contributed by atoms with E-state index in [1.165, 1.54) is 0 Å². The predicted molar refractivity (Wildman–Crippen MR) is 69.4 cm³/mol. The van der Waals surface area contributed by atoms with Crippen LogP contribution in [-0.4, -0.2) is 38.1 Å². The van der Waals surface area contributed by atoms with Crippen molar-refractivity contribution in [2.24, 2.45) is 0 Å². The zero-order valence-corrected chi connectivity index (χ0v) is 10.9. The van der Waals surface area contributed by atoms with Gasteiger partial charge in [0, 0.05) is 5.69 Å². The third kappa shape index (κ3) is 3.75. The zero-order chi connectivity index (χ0) is 12.8. The van der Waals surface area contributed by atoms with Crippen LogP contribution in [0.3, 0.4) is 0 Å². The van der Waals surface area contributed by atoms with Gasteiger partial charge in [-0.25, -0.2) is 0 Å². The number of nitrogens with one attached hydrogen (secondary N) is 1. The number of methoxy groups -OCH3 is 1. The number of ether oxygens (including phenoxy) is 1. The van der Waals surface area contributed by atoms with Gasteiger partial charge < -0.3 is 10.1 Å². The lowest BCUT2D eigenvalue weighted by Crippen LogP contribution is -2.39. The second-order valence-electron chi connectivity index (χ2n) is 4.11. The maximum Gasteiger partial charge on any atom is 0.241 e.